The second kappa shape index (κ2) is 7.35. The normalized spacial score (nSPS) is 15.1. The number of methoxy groups -OCH3 is 1. The van der Waals surface area contributed by atoms with E-state index in [1.54, 1.807) is 7.11 Å². The van der Waals surface area contributed by atoms with Crippen molar-refractivity contribution in [1.82, 2.24) is 4.57 Å². The number of aromatic carboxylic acids is 1. The summed E-state index contributed by atoms with van der Waals surface area (Å²) in [6.07, 6.45) is 2.21. The van der Waals surface area contributed by atoms with Gasteiger partial charge in [0, 0.05) is 34.3 Å². The summed E-state index contributed by atoms with van der Waals surface area (Å²) in [5.41, 5.74) is 2.97. The minimum atomic E-state index is -1.21. The molecular formula is C22H20ClNO4S. The average molecular weight is 430 g/mol. The molecule has 0 spiro atoms. The van der Waals surface area contributed by atoms with Gasteiger partial charge in [-0.05, 0) is 42.2 Å². The minimum Gasteiger partial charge on any atom is -0.496 e. The number of fused-ring (bicyclic) bond motifs is 3. The van der Waals surface area contributed by atoms with Gasteiger partial charge in [0.05, 0.1) is 17.1 Å². The first-order chi connectivity index (χ1) is 13.8. The quantitative estimate of drug-likeness (QED) is 0.606. The Hall–Kier alpha value is -2.57. The summed E-state index contributed by atoms with van der Waals surface area (Å²) in [7, 11) is 1.61. The Morgan fingerprint density at radius 1 is 1.28 bits per heavy atom. The van der Waals surface area contributed by atoms with Crippen LogP contribution in [0.4, 0.5) is 0 Å². The van der Waals surface area contributed by atoms with Crippen molar-refractivity contribution in [3.8, 4) is 27.4 Å². The van der Waals surface area contributed by atoms with Crippen LogP contribution in [-0.4, -0.2) is 22.8 Å². The second-order valence-electron chi connectivity index (χ2n) is 7.48. The van der Waals surface area contributed by atoms with Crippen molar-refractivity contribution in [1.29, 1.82) is 0 Å². The van der Waals surface area contributed by atoms with Crippen LogP contribution >= 0.6 is 22.9 Å². The fourth-order valence-electron chi connectivity index (χ4n) is 3.93. The second-order valence-corrected chi connectivity index (χ2v) is 9.19. The van der Waals surface area contributed by atoms with Gasteiger partial charge >= 0.3 is 5.97 Å². The maximum atomic E-state index is 12.4. The molecule has 3 aromatic rings. The number of carboxylic acids is 1. The van der Waals surface area contributed by atoms with Gasteiger partial charge in [-0.2, -0.15) is 0 Å². The molecule has 1 aliphatic heterocycles. The number of nitrogens with zero attached hydrogens (tertiary/aromatic N) is 1. The first-order valence-corrected chi connectivity index (χ1v) is 10.5. The summed E-state index contributed by atoms with van der Waals surface area (Å²) >= 11 is 7.62. The van der Waals surface area contributed by atoms with Gasteiger partial charge in [0.1, 0.15) is 11.3 Å². The molecule has 3 heterocycles. The van der Waals surface area contributed by atoms with Crippen molar-refractivity contribution < 1.29 is 14.6 Å². The number of hydrogen-bond donors (Lipinski definition) is 1. The molecule has 29 heavy (non-hydrogen) atoms. The highest BCUT2D eigenvalue weighted by Gasteiger charge is 2.29. The van der Waals surface area contributed by atoms with E-state index in [-0.39, 0.29) is 17.5 Å². The monoisotopic (exact) mass is 429 g/mol. The highest BCUT2D eigenvalue weighted by atomic mass is 35.5. The smallest absolute Gasteiger partial charge is 0.341 e. The first-order valence-electron chi connectivity index (χ1n) is 9.26. The number of rotatable bonds is 4. The molecule has 2 aromatic heterocycles. The largest absolute Gasteiger partial charge is 0.496 e. The Kier molecular flexibility index (Phi) is 5.00. The molecule has 0 amide bonds. The lowest BCUT2D eigenvalue weighted by molar-refractivity contribution is 0.0694. The Morgan fingerprint density at radius 2 is 2.03 bits per heavy atom. The zero-order valence-corrected chi connectivity index (χ0v) is 17.8. The molecule has 1 aliphatic rings. The Labute approximate surface area is 177 Å². The molecule has 0 fully saturated rings. The standard InChI is InChI=1S/C22H20ClNO4S/c1-11(2)16-7-12-6-14(20-4-5-21(23)29-20)19(28-3)8-13(12)17-9-18(25)15(22(26)27)10-24(16)17/h4-6,8-11,16H,7H2,1-3H3,(H,26,27). The summed E-state index contributed by atoms with van der Waals surface area (Å²) in [6.45, 7) is 4.20. The van der Waals surface area contributed by atoms with E-state index >= 15 is 0 Å². The minimum absolute atomic E-state index is 0.0457. The molecule has 1 atom stereocenters. The van der Waals surface area contributed by atoms with Gasteiger partial charge in [0.25, 0.3) is 0 Å². The number of ether oxygens (including phenoxy) is 1. The third-order valence-electron chi connectivity index (χ3n) is 5.41. The van der Waals surface area contributed by atoms with E-state index < -0.39 is 11.4 Å². The maximum absolute atomic E-state index is 12.4. The number of aromatic nitrogens is 1. The highest BCUT2D eigenvalue weighted by molar-refractivity contribution is 7.19. The SMILES string of the molecule is COc1cc2c(cc1-c1ccc(Cl)s1)CC(C(C)C)n1cc(C(=O)O)c(=O)cc1-2. The van der Waals surface area contributed by atoms with E-state index in [0.29, 0.717) is 15.8 Å². The van der Waals surface area contributed by atoms with E-state index in [0.717, 1.165) is 28.0 Å². The summed E-state index contributed by atoms with van der Waals surface area (Å²) in [6, 6.07) is 9.34. The maximum Gasteiger partial charge on any atom is 0.341 e. The molecule has 5 nitrogen and oxygen atoms in total. The van der Waals surface area contributed by atoms with Crippen LogP contribution < -0.4 is 10.2 Å². The van der Waals surface area contributed by atoms with Gasteiger partial charge in [-0.25, -0.2) is 4.79 Å². The van der Waals surface area contributed by atoms with Crippen LogP contribution in [0.25, 0.3) is 21.7 Å². The molecule has 1 N–H and O–H groups in total. The van der Waals surface area contributed by atoms with Crippen molar-refractivity contribution in [3.05, 3.63) is 62.2 Å². The predicted molar refractivity (Wildman–Crippen MR) is 116 cm³/mol. The molecule has 0 saturated carbocycles. The van der Waals surface area contributed by atoms with Gasteiger partial charge in [-0.1, -0.05) is 25.4 Å². The van der Waals surface area contributed by atoms with Crippen LogP contribution in [-0.2, 0) is 6.42 Å². The lowest BCUT2D eigenvalue weighted by atomic mass is 9.86. The fraction of sp³-hybridized carbons (Fsp3) is 0.273. The molecule has 0 saturated heterocycles. The predicted octanol–water partition coefficient (Wildman–Crippen LogP) is 5.36. The number of halogens is 1. The molecule has 1 unspecified atom stereocenters. The van der Waals surface area contributed by atoms with E-state index in [1.807, 2.05) is 22.8 Å². The molecular weight excluding hydrogens is 410 g/mol. The zero-order valence-electron chi connectivity index (χ0n) is 16.2. The zero-order chi connectivity index (χ0) is 20.9. The molecule has 1 aromatic carbocycles. The molecule has 7 heteroatoms. The van der Waals surface area contributed by atoms with E-state index in [4.69, 9.17) is 16.3 Å². The lowest BCUT2D eigenvalue weighted by Crippen LogP contribution is -2.28. The van der Waals surface area contributed by atoms with Crippen LogP contribution in [0, 0.1) is 5.92 Å². The van der Waals surface area contributed by atoms with Crippen LogP contribution in [0.2, 0.25) is 4.34 Å². The van der Waals surface area contributed by atoms with Crippen molar-refractivity contribution in [2.75, 3.05) is 7.11 Å². The third-order valence-corrected chi connectivity index (χ3v) is 6.67. The molecule has 0 radical (unpaired) electrons. The Balaban J connectivity index is 1.98. The summed E-state index contributed by atoms with van der Waals surface area (Å²) in [5, 5.41) is 9.39. The van der Waals surface area contributed by atoms with Crippen molar-refractivity contribution in [3.63, 3.8) is 0 Å². The average Bonchev–Trinajstić information content (AvgIpc) is 3.11. The first kappa shape index (κ1) is 19.7. The fourth-order valence-corrected chi connectivity index (χ4v) is 5.00. The molecule has 4 rings (SSSR count). The van der Waals surface area contributed by atoms with Gasteiger partial charge < -0.3 is 14.4 Å². The van der Waals surface area contributed by atoms with Crippen molar-refractivity contribution in [2.45, 2.75) is 26.3 Å². The number of hydrogen-bond acceptors (Lipinski definition) is 4. The van der Waals surface area contributed by atoms with Gasteiger partial charge in [-0.3, -0.25) is 4.79 Å². The summed E-state index contributed by atoms with van der Waals surface area (Å²) in [4.78, 5) is 24.9. The highest BCUT2D eigenvalue weighted by Crippen LogP contribution is 2.44. The molecule has 150 valence electrons. The van der Waals surface area contributed by atoms with Crippen LogP contribution in [0.1, 0.15) is 35.8 Å². The number of thiophene rings is 1. The van der Waals surface area contributed by atoms with Crippen molar-refractivity contribution in [2.24, 2.45) is 5.92 Å². The Morgan fingerprint density at radius 3 is 2.62 bits per heavy atom. The van der Waals surface area contributed by atoms with Gasteiger partial charge in [0.2, 0.25) is 0 Å². The number of benzene rings is 1. The van der Waals surface area contributed by atoms with Gasteiger partial charge in [0.15, 0.2) is 5.43 Å². The topological polar surface area (TPSA) is 68.5 Å². The Bertz CT molecular complexity index is 1180. The van der Waals surface area contributed by atoms with Gasteiger partial charge in [-0.15, -0.1) is 11.3 Å². The summed E-state index contributed by atoms with van der Waals surface area (Å²) < 4.78 is 8.27. The van der Waals surface area contributed by atoms with E-state index in [1.165, 1.54) is 23.6 Å². The lowest BCUT2D eigenvalue weighted by Gasteiger charge is -2.34. The number of carboxylic acid groups (broad SMARTS) is 1. The number of carbonyl (C=O) groups is 1. The molecule has 0 aliphatic carbocycles. The third kappa shape index (κ3) is 3.36. The van der Waals surface area contributed by atoms with Crippen molar-refractivity contribution >= 4 is 28.9 Å². The van der Waals surface area contributed by atoms with E-state index in [9.17, 15) is 14.7 Å². The molecule has 0 bridgehead atoms. The van der Waals surface area contributed by atoms with Crippen LogP contribution in [0.15, 0.2) is 41.3 Å². The number of pyridine rings is 1. The van der Waals surface area contributed by atoms with Crippen LogP contribution in [0.5, 0.6) is 5.75 Å². The van der Waals surface area contributed by atoms with E-state index in [2.05, 4.69) is 19.9 Å². The van der Waals surface area contributed by atoms with Crippen LogP contribution in [0.3, 0.4) is 0 Å². The summed E-state index contributed by atoms with van der Waals surface area (Å²) in [5.74, 6) is -0.263.